The van der Waals surface area contributed by atoms with E-state index in [1.54, 1.807) is 6.92 Å². The van der Waals surface area contributed by atoms with Crippen molar-refractivity contribution in [2.45, 2.75) is 36.8 Å². The normalized spacial score (nSPS) is 32.8. The van der Waals surface area contributed by atoms with E-state index >= 15 is 0 Å². The lowest BCUT2D eigenvalue weighted by Gasteiger charge is -2.44. The van der Waals surface area contributed by atoms with E-state index in [-0.39, 0.29) is 10.8 Å². The van der Waals surface area contributed by atoms with Crippen molar-refractivity contribution in [2.24, 2.45) is 5.73 Å². The highest BCUT2D eigenvalue weighted by molar-refractivity contribution is 8.00. The van der Waals surface area contributed by atoms with Crippen molar-refractivity contribution >= 4 is 17.7 Å². The lowest BCUT2D eigenvalue weighted by atomic mass is 10.0. The molecule has 0 radical (unpaired) electrons. The first-order chi connectivity index (χ1) is 8.46. The molecular weight excluding hydrogens is 250 g/mol. The van der Waals surface area contributed by atoms with Gasteiger partial charge in [-0.05, 0) is 26.8 Å². The summed E-state index contributed by atoms with van der Waals surface area (Å²) in [6.45, 7) is 4.14. The summed E-state index contributed by atoms with van der Waals surface area (Å²) in [5.74, 6) is 1.01. The van der Waals surface area contributed by atoms with Crippen LogP contribution in [-0.2, 0) is 4.79 Å². The summed E-state index contributed by atoms with van der Waals surface area (Å²) in [6.07, 6.45) is 1.35. The fraction of sp³-hybridized carbons (Fsp3) is 0.917. The van der Waals surface area contributed by atoms with Crippen molar-refractivity contribution < 1.29 is 9.90 Å². The van der Waals surface area contributed by atoms with Gasteiger partial charge in [0.15, 0.2) is 0 Å². The van der Waals surface area contributed by atoms with Gasteiger partial charge in [-0.25, -0.2) is 0 Å². The van der Waals surface area contributed by atoms with Gasteiger partial charge in [-0.15, -0.1) is 11.8 Å². The first kappa shape index (κ1) is 14.1. The van der Waals surface area contributed by atoms with Gasteiger partial charge in [0.2, 0.25) is 5.91 Å². The Kier molecular flexibility index (Phi) is 4.21. The van der Waals surface area contributed by atoms with Gasteiger partial charge in [0.05, 0.1) is 11.0 Å². The number of nitrogens with zero attached hydrogens (tertiary/aromatic N) is 2. The van der Waals surface area contributed by atoms with Crippen molar-refractivity contribution in [2.75, 3.05) is 32.4 Å². The van der Waals surface area contributed by atoms with Crippen LogP contribution < -0.4 is 5.73 Å². The summed E-state index contributed by atoms with van der Waals surface area (Å²) >= 11 is 1.94. The number of carbonyl (C=O) groups excluding carboxylic acids is 1. The molecule has 3 unspecified atom stereocenters. The molecule has 2 rings (SSSR count). The molecule has 0 aliphatic carbocycles. The van der Waals surface area contributed by atoms with E-state index < -0.39 is 12.1 Å². The second-order valence-corrected chi connectivity index (χ2v) is 6.80. The molecule has 1 spiro atoms. The van der Waals surface area contributed by atoms with E-state index in [0.717, 1.165) is 38.2 Å². The van der Waals surface area contributed by atoms with Crippen LogP contribution in [0.3, 0.4) is 0 Å². The minimum absolute atomic E-state index is 0.0757. The van der Waals surface area contributed by atoms with E-state index in [1.807, 2.05) is 16.7 Å². The van der Waals surface area contributed by atoms with Crippen LogP contribution in [0, 0.1) is 0 Å². The molecule has 0 aromatic rings. The quantitative estimate of drug-likeness (QED) is 0.722. The van der Waals surface area contributed by atoms with Gasteiger partial charge in [-0.3, -0.25) is 9.69 Å². The number of rotatable bonds is 2. The van der Waals surface area contributed by atoms with Gasteiger partial charge in [-0.1, -0.05) is 0 Å². The Morgan fingerprint density at radius 3 is 2.78 bits per heavy atom. The number of thioether (sulfide) groups is 1. The molecule has 0 aromatic carbocycles. The third kappa shape index (κ3) is 2.52. The molecule has 104 valence electrons. The number of hydrogen-bond acceptors (Lipinski definition) is 5. The molecule has 0 saturated carbocycles. The molecule has 5 nitrogen and oxygen atoms in total. The predicted octanol–water partition coefficient (Wildman–Crippen LogP) is -0.308. The van der Waals surface area contributed by atoms with Crippen LogP contribution in [0.2, 0.25) is 0 Å². The molecule has 3 atom stereocenters. The Hall–Kier alpha value is -0.300. The van der Waals surface area contributed by atoms with Crippen LogP contribution in [0.15, 0.2) is 0 Å². The molecule has 0 bridgehead atoms. The number of aliphatic hydroxyl groups excluding tert-OH is 1. The topological polar surface area (TPSA) is 69.8 Å². The van der Waals surface area contributed by atoms with Gasteiger partial charge in [0.1, 0.15) is 6.04 Å². The third-order valence-corrected chi connectivity index (χ3v) is 5.61. The van der Waals surface area contributed by atoms with Gasteiger partial charge in [0, 0.05) is 25.4 Å². The first-order valence-corrected chi connectivity index (χ1v) is 7.52. The fourth-order valence-electron chi connectivity index (χ4n) is 2.72. The van der Waals surface area contributed by atoms with E-state index in [2.05, 4.69) is 11.9 Å². The number of aliphatic hydroxyl groups is 1. The second-order valence-electron chi connectivity index (χ2n) is 5.35. The maximum Gasteiger partial charge on any atom is 0.242 e. The lowest BCUT2D eigenvalue weighted by Crippen LogP contribution is -2.58. The van der Waals surface area contributed by atoms with Crippen LogP contribution in [-0.4, -0.2) is 70.3 Å². The zero-order valence-electron chi connectivity index (χ0n) is 11.1. The number of hydrogen-bond donors (Lipinski definition) is 2. The summed E-state index contributed by atoms with van der Waals surface area (Å²) in [5.41, 5.74) is 5.75. The summed E-state index contributed by atoms with van der Waals surface area (Å²) in [7, 11) is 2.13. The number of likely N-dealkylation sites (tertiary alicyclic amines) is 1. The van der Waals surface area contributed by atoms with Gasteiger partial charge in [0.25, 0.3) is 0 Å². The molecular formula is C12H23N3O2S. The number of likely N-dealkylation sites (N-methyl/N-ethyl adjacent to an activating group) is 1. The molecule has 2 fully saturated rings. The molecule has 3 N–H and O–H groups in total. The standard InChI is InChI=1S/C12H23N3O2S/c1-9(16)10(13)11(17)15-5-3-4-12(8-15)14(2)6-7-18-12/h9-10,16H,3-8,13H2,1-2H3. The molecule has 6 heteroatoms. The van der Waals surface area contributed by atoms with Crippen molar-refractivity contribution in [1.29, 1.82) is 0 Å². The van der Waals surface area contributed by atoms with E-state index in [1.165, 1.54) is 0 Å². The number of carbonyl (C=O) groups is 1. The molecule has 2 saturated heterocycles. The summed E-state index contributed by atoms with van der Waals surface area (Å²) in [5, 5.41) is 9.44. The third-order valence-electron chi connectivity index (χ3n) is 4.04. The van der Waals surface area contributed by atoms with Crippen LogP contribution in [0.4, 0.5) is 0 Å². The molecule has 1 amide bonds. The molecule has 2 aliphatic rings. The number of amides is 1. The highest BCUT2D eigenvalue weighted by Gasteiger charge is 2.44. The highest BCUT2D eigenvalue weighted by Crippen LogP contribution is 2.41. The minimum Gasteiger partial charge on any atom is -0.391 e. The van der Waals surface area contributed by atoms with Crippen LogP contribution in [0.1, 0.15) is 19.8 Å². The molecule has 0 aromatic heterocycles. The number of piperidine rings is 1. The average molecular weight is 273 g/mol. The zero-order chi connectivity index (χ0) is 13.3. The van der Waals surface area contributed by atoms with E-state index in [4.69, 9.17) is 5.73 Å². The van der Waals surface area contributed by atoms with Gasteiger partial charge >= 0.3 is 0 Å². The Balaban J connectivity index is 2.05. The first-order valence-electron chi connectivity index (χ1n) is 6.54. The number of nitrogens with two attached hydrogens (primary N) is 1. The van der Waals surface area contributed by atoms with E-state index in [0.29, 0.717) is 0 Å². The highest BCUT2D eigenvalue weighted by atomic mass is 32.2. The van der Waals surface area contributed by atoms with Gasteiger partial charge in [-0.2, -0.15) is 0 Å². The van der Waals surface area contributed by atoms with Gasteiger partial charge < -0.3 is 15.7 Å². The monoisotopic (exact) mass is 273 g/mol. The maximum atomic E-state index is 12.2. The summed E-state index contributed by atoms with van der Waals surface area (Å²) in [4.78, 5) is 16.5. The predicted molar refractivity (Wildman–Crippen MR) is 73.3 cm³/mol. The van der Waals surface area contributed by atoms with Crippen molar-refractivity contribution in [3.05, 3.63) is 0 Å². The largest absolute Gasteiger partial charge is 0.391 e. The summed E-state index contributed by atoms with van der Waals surface area (Å²) < 4.78 is 0. The van der Waals surface area contributed by atoms with Crippen LogP contribution >= 0.6 is 11.8 Å². The zero-order valence-corrected chi connectivity index (χ0v) is 11.9. The SMILES string of the molecule is CC(O)C(N)C(=O)N1CCCC2(C1)SCCN2C. The smallest absolute Gasteiger partial charge is 0.242 e. The van der Waals surface area contributed by atoms with Crippen molar-refractivity contribution in [3.63, 3.8) is 0 Å². The molecule has 18 heavy (non-hydrogen) atoms. The molecule has 2 aliphatic heterocycles. The van der Waals surface area contributed by atoms with E-state index in [9.17, 15) is 9.90 Å². The minimum atomic E-state index is -0.795. The summed E-state index contributed by atoms with van der Waals surface area (Å²) in [6, 6.07) is -0.795. The Morgan fingerprint density at radius 1 is 1.50 bits per heavy atom. The Morgan fingerprint density at radius 2 is 2.22 bits per heavy atom. The van der Waals surface area contributed by atoms with Crippen LogP contribution in [0.5, 0.6) is 0 Å². The van der Waals surface area contributed by atoms with Crippen LogP contribution in [0.25, 0.3) is 0 Å². The van der Waals surface area contributed by atoms with Crippen molar-refractivity contribution in [3.8, 4) is 0 Å². The second kappa shape index (κ2) is 5.36. The van der Waals surface area contributed by atoms with Crippen molar-refractivity contribution in [1.82, 2.24) is 9.80 Å². The Bertz CT molecular complexity index is 326. The molecule has 2 heterocycles. The maximum absolute atomic E-state index is 12.2. The average Bonchev–Trinajstić information content (AvgIpc) is 2.69. The Labute approximate surface area is 113 Å². The fourth-order valence-corrected chi connectivity index (χ4v) is 4.32. The lowest BCUT2D eigenvalue weighted by molar-refractivity contribution is -0.137.